The predicted octanol–water partition coefficient (Wildman–Crippen LogP) is 4.19. The van der Waals surface area contributed by atoms with Crippen LogP contribution in [0.2, 0.25) is 0 Å². The molecule has 0 spiro atoms. The van der Waals surface area contributed by atoms with E-state index in [9.17, 15) is 14.4 Å². The summed E-state index contributed by atoms with van der Waals surface area (Å²) < 4.78 is 7.40. The molecule has 2 aromatic carbocycles. The Morgan fingerprint density at radius 2 is 1.81 bits per heavy atom. The van der Waals surface area contributed by atoms with Gasteiger partial charge in [0.05, 0.1) is 31.4 Å². The van der Waals surface area contributed by atoms with Crippen LogP contribution in [0.4, 0.5) is 5.69 Å². The van der Waals surface area contributed by atoms with E-state index in [1.54, 1.807) is 18.9 Å². The molecular weight excluding hydrogens is 456 g/mol. The lowest BCUT2D eigenvalue weighted by atomic mass is 9.93. The minimum atomic E-state index is -1.17. The van der Waals surface area contributed by atoms with E-state index >= 15 is 0 Å². The summed E-state index contributed by atoms with van der Waals surface area (Å²) in [5.41, 5.74) is 1.25. The van der Waals surface area contributed by atoms with Gasteiger partial charge in [0.2, 0.25) is 11.8 Å². The van der Waals surface area contributed by atoms with E-state index in [0.29, 0.717) is 29.6 Å². The minimum absolute atomic E-state index is 0.179. The summed E-state index contributed by atoms with van der Waals surface area (Å²) in [6.45, 7) is 8.39. The highest BCUT2D eigenvalue weighted by Crippen LogP contribution is 2.39. The second kappa shape index (κ2) is 10.0. The molecule has 0 saturated heterocycles. The number of rotatable bonds is 8. The summed E-state index contributed by atoms with van der Waals surface area (Å²) in [4.78, 5) is 41.6. The molecule has 8 nitrogen and oxygen atoms in total. The zero-order chi connectivity index (χ0) is 26.0. The molecule has 0 unspecified atom stereocenters. The standard InChI is InChI=1S/C28H34N4O4/c1-18(2)14-15-29-27(35)28(4)17-31-22-12-8-7-11-21(22)24(30-19(3)33)25(31)26(34)32(28)16-20-10-6-9-13-23(20)36-5/h6-13,18H,14-17H2,1-5H3,(H,29,35)(H,30,33)/t28-/m0/s1. The molecule has 0 bridgehead atoms. The molecule has 0 radical (unpaired) electrons. The SMILES string of the molecule is COc1ccccc1CN1C(=O)c2c(NC(C)=O)c3ccccc3n2C[C@@]1(C)C(=O)NCCC(C)C. The number of carbonyl (C=O) groups is 3. The van der Waals surface area contributed by atoms with Crippen LogP contribution in [0.1, 0.15) is 50.2 Å². The van der Waals surface area contributed by atoms with Crippen molar-refractivity contribution in [2.75, 3.05) is 19.0 Å². The quantitative estimate of drug-likeness (QED) is 0.495. The van der Waals surface area contributed by atoms with Crippen LogP contribution in [-0.4, -0.2) is 46.4 Å². The Morgan fingerprint density at radius 1 is 1.11 bits per heavy atom. The van der Waals surface area contributed by atoms with Crippen LogP contribution in [0.3, 0.4) is 0 Å². The second-order valence-corrected chi connectivity index (χ2v) is 9.92. The van der Waals surface area contributed by atoms with Gasteiger partial charge in [0, 0.05) is 24.4 Å². The Bertz CT molecular complexity index is 1310. The molecule has 3 amide bonds. The highest BCUT2D eigenvalue weighted by atomic mass is 16.5. The largest absolute Gasteiger partial charge is 0.496 e. The summed E-state index contributed by atoms with van der Waals surface area (Å²) in [6.07, 6.45) is 0.840. The average molecular weight is 491 g/mol. The van der Waals surface area contributed by atoms with Crippen LogP contribution in [0, 0.1) is 5.92 Å². The van der Waals surface area contributed by atoms with E-state index in [-0.39, 0.29) is 30.8 Å². The van der Waals surface area contributed by atoms with Gasteiger partial charge >= 0.3 is 0 Å². The highest BCUT2D eigenvalue weighted by molar-refractivity contribution is 6.14. The van der Waals surface area contributed by atoms with Crippen molar-refractivity contribution in [2.24, 2.45) is 5.92 Å². The number of hydrogen-bond acceptors (Lipinski definition) is 4. The third-order valence-corrected chi connectivity index (χ3v) is 6.80. The lowest BCUT2D eigenvalue weighted by molar-refractivity contribution is -0.133. The topological polar surface area (TPSA) is 92.7 Å². The molecule has 8 heteroatoms. The van der Waals surface area contributed by atoms with Gasteiger partial charge < -0.3 is 24.8 Å². The number of nitrogens with zero attached hydrogens (tertiary/aromatic N) is 2. The number of para-hydroxylation sites is 2. The molecule has 2 N–H and O–H groups in total. The van der Waals surface area contributed by atoms with Gasteiger partial charge in [-0.1, -0.05) is 50.2 Å². The van der Waals surface area contributed by atoms with E-state index in [2.05, 4.69) is 24.5 Å². The smallest absolute Gasteiger partial charge is 0.273 e. The third-order valence-electron chi connectivity index (χ3n) is 6.80. The monoisotopic (exact) mass is 490 g/mol. The van der Waals surface area contributed by atoms with Crippen molar-refractivity contribution in [3.63, 3.8) is 0 Å². The van der Waals surface area contributed by atoms with Crippen LogP contribution in [0.5, 0.6) is 5.75 Å². The number of ether oxygens (including phenoxy) is 1. The fourth-order valence-electron chi connectivity index (χ4n) is 4.85. The molecule has 1 aliphatic heterocycles. The van der Waals surface area contributed by atoms with Crippen LogP contribution in [0.15, 0.2) is 48.5 Å². The van der Waals surface area contributed by atoms with E-state index in [1.165, 1.54) is 6.92 Å². The average Bonchev–Trinajstić information content (AvgIpc) is 3.14. The summed E-state index contributed by atoms with van der Waals surface area (Å²) in [7, 11) is 1.58. The van der Waals surface area contributed by atoms with Gasteiger partial charge in [-0.25, -0.2) is 0 Å². The molecule has 2 heterocycles. The van der Waals surface area contributed by atoms with Gasteiger partial charge in [-0.3, -0.25) is 14.4 Å². The zero-order valence-electron chi connectivity index (χ0n) is 21.6. The first-order valence-corrected chi connectivity index (χ1v) is 12.3. The number of aromatic nitrogens is 1. The fraction of sp³-hybridized carbons (Fsp3) is 0.393. The maximum absolute atomic E-state index is 14.2. The van der Waals surface area contributed by atoms with Crippen molar-refractivity contribution in [1.29, 1.82) is 0 Å². The Hall–Kier alpha value is -3.81. The molecule has 1 aliphatic rings. The first kappa shape index (κ1) is 25.3. The first-order chi connectivity index (χ1) is 17.2. The van der Waals surface area contributed by atoms with Crippen molar-refractivity contribution in [1.82, 2.24) is 14.8 Å². The summed E-state index contributed by atoms with van der Waals surface area (Å²) in [6, 6.07) is 15.0. The molecule has 0 saturated carbocycles. The lowest BCUT2D eigenvalue weighted by Gasteiger charge is -2.44. The first-order valence-electron chi connectivity index (χ1n) is 12.3. The summed E-state index contributed by atoms with van der Waals surface area (Å²) in [5.74, 6) is 0.277. The Balaban J connectivity index is 1.86. The second-order valence-electron chi connectivity index (χ2n) is 9.92. The molecule has 0 fully saturated rings. The number of hydrogen-bond donors (Lipinski definition) is 2. The summed E-state index contributed by atoms with van der Waals surface area (Å²) >= 11 is 0. The Labute approximate surface area is 211 Å². The molecule has 1 atom stereocenters. The van der Waals surface area contributed by atoms with E-state index in [1.807, 2.05) is 53.1 Å². The maximum atomic E-state index is 14.2. The molecule has 3 aromatic rings. The van der Waals surface area contributed by atoms with E-state index < -0.39 is 5.54 Å². The van der Waals surface area contributed by atoms with Gasteiger partial charge in [0.25, 0.3) is 5.91 Å². The summed E-state index contributed by atoms with van der Waals surface area (Å²) in [5, 5.41) is 6.69. The van der Waals surface area contributed by atoms with Gasteiger partial charge in [0.15, 0.2) is 0 Å². The minimum Gasteiger partial charge on any atom is -0.496 e. The number of carbonyl (C=O) groups excluding carboxylic acids is 3. The van der Waals surface area contributed by atoms with Gasteiger partial charge in [-0.2, -0.15) is 0 Å². The lowest BCUT2D eigenvalue weighted by Crippen LogP contribution is -2.63. The van der Waals surface area contributed by atoms with Gasteiger partial charge in [-0.15, -0.1) is 0 Å². The van der Waals surface area contributed by atoms with Crippen molar-refractivity contribution in [3.8, 4) is 5.75 Å². The Morgan fingerprint density at radius 3 is 2.50 bits per heavy atom. The molecule has 0 aliphatic carbocycles. The van der Waals surface area contributed by atoms with Crippen LogP contribution >= 0.6 is 0 Å². The molecule has 4 rings (SSSR count). The van der Waals surface area contributed by atoms with Crippen molar-refractivity contribution >= 4 is 34.3 Å². The molecule has 36 heavy (non-hydrogen) atoms. The molecule has 190 valence electrons. The normalized spacial score (nSPS) is 17.3. The van der Waals surface area contributed by atoms with E-state index in [0.717, 1.165) is 22.9 Å². The van der Waals surface area contributed by atoms with Gasteiger partial charge in [0.1, 0.15) is 17.0 Å². The zero-order valence-corrected chi connectivity index (χ0v) is 21.6. The van der Waals surface area contributed by atoms with Crippen LogP contribution < -0.4 is 15.4 Å². The number of anilines is 1. The maximum Gasteiger partial charge on any atom is 0.273 e. The van der Waals surface area contributed by atoms with Crippen LogP contribution in [0.25, 0.3) is 10.9 Å². The third kappa shape index (κ3) is 4.55. The number of nitrogens with one attached hydrogen (secondary N) is 2. The molecular formula is C28H34N4O4. The number of fused-ring (bicyclic) bond motifs is 3. The molecule has 1 aromatic heterocycles. The highest BCUT2D eigenvalue weighted by Gasteiger charge is 2.49. The van der Waals surface area contributed by atoms with E-state index in [4.69, 9.17) is 4.74 Å². The number of benzene rings is 2. The predicted molar refractivity (Wildman–Crippen MR) is 140 cm³/mol. The van der Waals surface area contributed by atoms with Crippen molar-refractivity contribution in [3.05, 3.63) is 59.8 Å². The Kier molecular flexibility index (Phi) is 7.06. The number of methoxy groups -OCH3 is 1. The van der Waals surface area contributed by atoms with Crippen LogP contribution in [-0.2, 0) is 22.7 Å². The van der Waals surface area contributed by atoms with Crippen molar-refractivity contribution < 1.29 is 19.1 Å². The fourth-order valence-corrected chi connectivity index (χ4v) is 4.85. The van der Waals surface area contributed by atoms with Gasteiger partial charge in [-0.05, 0) is 31.4 Å². The number of amides is 3. The van der Waals surface area contributed by atoms with Crippen molar-refractivity contribution in [2.45, 2.75) is 52.7 Å².